The highest BCUT2D eigenvalue weighted by Crippen LogP contribution is 2.32. The molecule has 0 atom stereocenters. The lowest BCUT2D eigenvalue weighted by Gasteiger charge is -2.08. The van der Waals surface area contributed by atoms with Crippen LogP contribution in [0.1, 0.15) is 5.69 Å². The van der Waals surface area contributed by atoms with E-state index in [1.165, 1.54) is 6.07 Å². The molecule has 2 heterocycles. The number of ether oxygens (including phenoxy) is 1. The summed E-state index contributed by atoms with van der Waals surface area (Å²) in [6, 6.07) is 9.88. The van der Waals surface area contributed by atoms with E-state index in [0.29, 0.717) is 21.7 Å². The van der Waals surface area contributed by atoms with Crippen LogP contribution in [0.5, 0.6) is 11.6 Å². The summed E-state index contributed by atoms with van der Waals surface area (Å²) in [5, 5.41) is 20.9. The minimum absolute atomic E-state index is 0.315. The average Bonchev–Trinajstić information content (AvgIpc) is 2.50. The first kappa shape index (κ1) is 15.0. The molecule has 0 aliphatic carbocycles. The molecule has 3 rings (SSSR count). The van der Waals surface area contributed by atoms with Crippen molar-refractivity contribution in [1.29, 1.82) is 0 Å². The van der Waals surface area contributed by atoms with Crippen molar-refractivity contribution in [3.63, 3.8) is 0 Å². The number of pyridine rings is 1. The van der Waals surface area contributed by atoms with Gasteiger partial charge in [-0.2, -0.15) is 0 Å². The number of rotatable bonds is 2. The lowest BCUT2D eigenvalue weighted by Crippen LogP contribution is -2.18. The zero-order valence-electron chi connectivity index (χ0n) is 11.9. The Kier molecular flexibility index (Phi) is 3.94. The molecule has 0 saturated heterocycles. The number of amides is 1. The SMILES string of the molecule is Cc1cccc(NC(=O)Oc2nnc3ccc(Cl)cc3c2O)n1. The van der Waals surface area contributed by atoms with Crippen LogP contribution >= 0.6 is 11.6 Å². The van der Waals surface area contributed by atoms with Crippen molar-refractivity contribution in [1.82, 2.24) is 15.2 Å². The largest absolute Gasteiger partial charge is 0.503 e. The lowest BCUT2D eigenvalue weighted by molar-refractivity contribution is 0.210. The number of carbonyl (C=O) groups excluding carboxylic acids is 1. The summed E-state index contributed by atoms with van der Waals surface area (Å²) >= 11 is 5.88. The molecule has 7 nitrogen and oxygen atoms in total. The normalized spacial score (nSPS) is 10.5. The second-order valence-electron chi connectivity index (χ2n) is 4.69. The van der Waals surface area contributed by atoms with Crippen LogP contribution in [0, 0.1) is 6.92 Å². The summed E-state index contributed by atoms with van der Waals surface area (Å²) in [6.07, 6.45) is -0.839. The van der Waals surface area contributed by atoms with Crippen LogP contribution in [-0.4, -0.2) is 26.4 Å². The van der Waals surface area contributed by atoms with E-state index >= 15 is 0 Å². The Hall–Kier alpha value is -2.93. The summed E-state index contributed by atoms with van der Waals surface area (Å²) in [5.74, 6) is -0.305. The van der Waals surface area contributed by atoms with E-state index in [2.05, 4.69) is 20.5 Å². The zero-order valence-corrected chi connectivity index (χ0v) is 12.7. The molecule has 2 aromatic heterocycles. The van der Waals surface area contributed by atoms with Crippen LogP contribution in [0.4, 0.5) is 10.6 Å². The van der Waals surface area contributed by atoms with E-state index in [0.717, 1.165) is 5.69 Å². The number of aryl methyl sites for hydroxylation is 1. The number of fused-ring (bicyclic) bond motifs is 1. The fourth-order valence-electron chi connectivity index (χ4n) is 1.95. The van der Waals surface area contributed by atoms with Crippen LogP contribution in [0.15, 0.2) is 36.4 Å². The number of benzene rings is 1. The van der Waals surface area contributed by atoms with Gasteiger partial charge >= 0.3 is 6.09 Å². The monoisotopic (exact) mass is 330 g/mol. The molecule has 116 valence electrons. The topological polar surface area (TPSA) is 97.2 Å². The van der Waals surface area contributed by atoms with Crippen LogP contribution in [-0.2, 0) is 0 Å². The van der Waals surface area contributed by atoms with Gasteiger partial charge in [0.25, 0.3) is 5.88 Å². The van der Waals surface area contributed by atoms with Crippen molar-refractivity contribution in [2.45, 2.75) is 6.92 Å². The van der Waals surface area contributed by atoms with E-state index in [4.69, 9.17) is 16.3 Å². The molecule has 0 aliphatic rings. The van der Waals surface area contributed by atoms with Crippen LogP contribution in [0.2, 0.25) is 5.02 Å². The van der Waals surface area contributed by atoms with Crippen molar-refractivity contribution in [2.24, 2.45) is 0 Å². The molecule has 0 fully saturated rings. The third kappa shape index (κ3) is 3.29. The Morgan fingerprint density at radius 3 is 2.87 bits per heavy atom. The van der Waals surface area contributed by atoms with Crippen molar-refractivity contribution < 1.29 is 14.6 Å². The summed E-state index contributed by atoms with van der Waals surface area (Å²) < 4.78 is 4.98. The highest BCUT2D eigenvalue weighted by atomic mass is 35.5. The number of hydrogen-bond donors (Lipinski definition) is 2. The van der Waals surface area contributed by atoms with Gasteiger partial charge in [0.1, 0.15) is 5.82 Å². The number of nitrogens with one attached hydrogen (secondary N) is 1. The summed E-state index contributed by atoms with van der Waals surface area (Å²) in [7, 11) is 0. The number of anilines is 1. The van der Waals surface area contributed by atoms with Gasteiger partial charge in [-0.15, -0.1) is 10.2 Å². The first-order valence-electron chi connectivity index (χ1n) is 6.60. The molecule has 0 aliphatic heterocycles. The molecule has 2 N–H and O–H groups in total. The molecule has 23 heavy (non-hydrogen) atoms. The number of aromatic hydroxyl groups is 1. The highest BCUT2D eigenvalue weighted by molar-refractivity contribution is 6.31. The van der Waals surface area contributed by atoms with Crippen molar-refractivity contribution >= 4 is 34.4 Å². The van der Waals surface area contributed by atoms with Gasteiger partial charge in [-0.05, 0) is 37.3 Å². The number of carbonyl (C=O) groups is 1. The molecule has 8 heteroatoms. The van der Waals surface area contributed by atoms with E-state index in [1.807, 2.05) is 0 Å². The Bertz CT molecular complexity index is 901. The predicted molar refractivity (Wildman–Crippen MR) is 84.8 cm³/mol. The standard InChI is InChI=1S/C15H11ClN4O3/c1-8-3-2-4-12(17-8)18-15(22)23-14-13(21)10-7-9(16)5-6-11(10)19-20-14/h2-7H,1H3,(H,19,21)(H,17,18,22). The number of hydrogen-bond acceptors (Lipinski definition) is 6. The maximum absolute atomic E-state index is 11.9. The van der Waals surface area contributed by atoms with Crippen molar-refractivity contribution in [3.8, 4) is 11.6 Å². The van der Waals surface area contributed by atoms with Crippen LogP contribution < -0.4 is 10.1 Å². The van der Waals surface area contributed by atoms with Crippen molar-refractivity contribution in [2.75, 3.05) is 5.32 Å². The Labute approximate surface area is 135 Å². The summed E-state index contributed by atoms with van der Waals surface area (Å²) in [4.78, 5) is 16.0. The van der Waals surface area contributed by atoms with Gasteiger partial charge in [-0.1, -0.05) is 17.7 Å². The lowest BCUT2D eigenvalue weighted by atomic mass is 10.2. The molecule has 0 saturated carbocycles. The third-order valence-corrected chi connectivity index (χ3v) is 3.21. The molecule has 0 bridgehead atoms. The third-order valence-electron chi connectivity index (χ3n) is 2.97. The Morgan fingerprint density at radius 2 is 2.09 bits per heavy atom. The fraction of sp³-hybridized carbons (Fsp3) is 0.0667. The second kappa shape index (κ2) is 6.05. The number of halogens is 1. The van der Waals surface area contributed by atoms with Gasteiger partial charge in [0.2, 0.25) is 0 Å². The number of nitrogens with zero attached hydrogens (tertiary/aromatic N) is 3. The molecule has 0 radical (unpaired) electrons. The quantitative estimate of drug-likeness (QED) is 0.748. The van der Waals surface area contributed by atoms with E-state index in [1.54, 1.807) is 37.3 Å². The van der Waals surface area contributed by atoms with Gasteiger partial charge in [-0.3, -0.25) is 5.32 Å². The smallest absolute Gasteiger partial charge is 0.419 e. The van der Waals surface area contributed by atoms with Crippen molar-refractivity contribution in [3.05, 3.63) is 47.1 Å². The predicted octanol–water partition coefficient (Wildman–Crippen LogP) is 3.30. The fourth-order valence-corrected chi connectivity index (χ4v) is 2.12. The zero-order chi connectivity index (χ0) is 16.4. The Balaban J connectivity index is 1.83. The second-order valence-corrected chi connectivity index (χ2v) is 5.13. The van der Waals surface area contributed by atoms with Gasteiger partial charge in [0, 0.05) is 10.7 Å². The first-order chi connectivity index (χ1) is 11.0. The first-order valence-corrected chi connectivity index (χ1v) is 6.98. The molecule has 0 spiro atoms. The molecular weight excluding hydrogens is 320 g/mol. The average molecular weight is 331 g/mol. The van der Waals surface area contributed by atoms with Crippen LogP contribution in [0.25, 0.3) is 10.9 Å². The molecule has 0 unspecified atom stereocenters. The molecule has 1 amide bonds. The van der Waals surface area contributed by atoms with E-state index in [-0.39, 0.29) is 11.6 Å². The number of aromatic nitrogens is 3. The molecule has 3 aromatic rings. The van der Waals surface area contributed by atoms with Crippen LogP contribution in [0.3, 0.4) is 0 Å². The minimum atomic E-state index is -0.839. The molecular formula is C15H11ClN4O3. The maximum Gasteiger partial charge on any atom is 0.419 e. The van der Waals surface area contributed by atoms with Gasteiger partial charge < -0.3 is 9.84 Å². The molecule has 1 aromatic carbocycles. The van der Waals surface area contributed by atoms with Gasteiger partial charge in [0.15, 0.2) is 5.75 Å². The van der Waals surface area contributed by atoms with Gasteiger partial charge in [-0.25, -0.2) is 9.78 Å². The minimum Gasteiger partial charge on any atom is -0.503 e. The highest BCUT2D eigenvalue weighted by Gasteiger charge is 2.15. The van der Waals surface area contributed by atoms with Gasteiger partial charge in [0.05, 0.1) is 10.9 Å². The van der Waals surface area contributed by atoms with E-state index in [9.17, 15) is 9.90 Å². The maximum atomic E-state index is 11.9. The van der Waals surface area contributed by atoms with E-state index < -0.39 is 6.09 Å². The summed E-state index contributed by atoms with van der Waals surface area (Å²) in [5.41, 5.74) is 1.17. The Morgan fingerprint density at radius 1 is 1.26 bits per heavy atom. The summed E-state index contributed by atoms with van der Waals surface area (Å²) in [6.45, 7) is 1.79.